The molecule has 0 amide bonds. The van der Waals surface area contributed by atoms with Gasteiger partial charge in [-0.05, 0) is 69.2 Å². The molecular formula is C34H46O4. The monoisotopic (exact) mass is 518 g/mol. The summed E-state index contributed by atoms with van der Waals surface area (Å²) in [5, 5.41) is 22.0. The molecule has 3 rings (SSSR count). The summed E-state index contributed by atoms with van der Waals surface area (Å²) >= 11 is 0. The van der Waals surface area contributed by atoms with Gasteiger partial charge in [0, 0.05) is 17.2 Å². The van der Waals surface area contributed by atoms with E-state index < -0.39 is 0 Å². The summed E-state index contributed by atoms with van der Waals surface area (Å²) in [7, 11) is 0. The molecule has 3 aromatic carbocycles. The quantitative estimate of drug-likeness (QED) is 0.361. The highest BCUT2D eigenvalue weighted by molar-refractivity contribution is 5.56. The predicted molar refractivity (Wildman–Crippen MR) is 158 cm³/mol. The summed E-state index contributed by atoms with van der Waals surface area (Å²) in [6.07, 6.45) is 0. The average molecular weight is 519 g/mol. The maximum absolute atomic E-state index is 11.0. The summed E-state index contributed by atoms with van der Waals surface area (Å²) in [4.78, 5) is 0. The zero-order chi connectivity index (χ0) is 28.8. The zero-order valence-electron chi connectivity index (χ0n) is 25.3. The van der Waals surface area contributed by atoms with E-state index >= 15 is 0 Å². The molecule has 4 nitrogen and oxygen atoms in total. The second kappa shape index (κ2) is 9.87. The molecule has 0 fully saturated rings. The zero-order valence-corrected chi connectivity index (χ0v) is 25.3. The lowest BCUT2D eigenvalue weighted by molar-refractivity contribution is 0.404. The van der Waals surface area contributed by atoms with E-state index in [0.29, 0.717) is 23.0 Å². The van der Waals surface area contributed by atoms with Crippen LogP contribution in [0.25, 0.3) is 0 Å². The highest BCUT2D eigenvalue weighted by Crippen LogP contribution is 2.45. The van der Waals surface area contributed by atoms with Crippen molar-refractivity contribution in [3.8, 4) is 34.5 Å². The fraction of sp³-hybridized carbons (Fsp3) is 0.471. The molecule has 0 aromatic heterocycles. The largest absolute Gasteiger partial charge is 0.507 e. The van der Waals surface area contributed by atoms with Gasteiger partial charge in [0.1, 0.15) is 34.5 Å². The number of benzene rings is 3. The lowest BCUT2D eigenvalue weighted by Crippen LogP contribution is -2.16. The lowest BCUT2D eigenvalue weighted by Gasteiger charge is -2.28. The number of ether oxygens (including phenoxy) is 2. The van der Waals surface area contributed by atoms with Crippen LogP contribution in [0.3, 0.4) is 0 Å². The molecule has 0 atom stereocenters. The van der Waals surface area contributed by atoms with E-state index in [2.05, 4.69) is 83.1 Å². The molecule has 3 aromatic rings. The molecule has 0 radical (unpaired) electrons. The highest BCUT2D eigenvalue weighted by Gasteiger charge is 2.29. The Morgan fingerprint density at radius 1 is 0.474 bits per heavy atom. The van der Waals surface area contributed by atoms with Crippen molar-refractivity contribution in [2.75, 3.05) is 0 Å². The molecule has 0 aliphatic carbocycles. The van der Waals surface area contributed by atoms with Gasteiger partial charge in [-0.3, -0.25) is 0 Å². The first-order valence-corrected chi connectivity index (χ1v) is 13.4. The molecule has 0 unspecified atom stereocenters. The van der Waals surface area contributed by atoms with Gasteiger partial charge in [-0.1, -0.05) is 89.2 Å². The minimum Gasteiger partial charge on any atom is -0.507 e. The fourth-order valence-corrected chi connectivity index (χ4v) is 4.59. The first-order valence-electron chi connectivity index (χ1n) is 13.4. The van der Waals surface area contributed by atoms with Crippen LogP contribution in [0.1, 0.15) is 105 Å². The van der Waals surface area contributed by atoms with E-state index in [-0.39, 0.29) is 33.2 Å². The first kappa shape index (κ1) is 29.4. The van der Waals surface area contributed by atoms with Crippen molar-refractivity contribution in [2.45, 2.75) is 105 Å². The van der Waals surface area contributed by atoms with E-state index in [1.807, 2.05) is 48.5 Å². The van der Waals surface area contributed by atoms with Crippen molar-refractivity contribution in [3.05, 3.63) is 70.8 Å². The second-order valence-corrected chi connectivity index (χ2v) is 14.4. The molecule has 0 bridgehead atoms. The molecule has 2 N–H and O–H groups in total. The van der Waals surface area contributed by atoms with Gasteiger partial charge in [0.05, 0.1) is 0 Å². The maximum Gasteiger partial charge on any atom is 0.135 e. The third kappa shape index (κ3) is 6.64. The van der Waals surface area contributed by atoms with Crippen LogP contribution in [0.5, 0.6) is 34.5 Å². The maximum atomic E-state index is 11.0. The van der Waals surface area contributed by atoms with Gasteiger partial charge in [0.2, 0.25) is 0 Å². The van der Waals surface area contributed by atoms with Gasteiger partial charge < -0.3 is 19.7 Å². The summed E-state index contributed by atoms with van der Waals surface area (Å²) in [6.45, 7) is 25.1. The number of hydrogen-bond acceptors (Lipinski definition) is 4. The number of aromatic hydroxyl groups is 2. The Kier molecular flexibility index (Phi) is 7.64. The Labute approximate surface area is 229 Å². The minimum atomic E-state index is -0.323. The molecule has 0 saturated carbocycles. The van der Waals surface area contributed by atoms with E-state index in [9.17, 15) is 10.2 Å². The number of rotatable bonds is 4. The van der Waals surface area contributed by atoms with Crippen LogP contribution in [0.15, 0.2) is 48.5 Å². The molecule has 206 valence electrons. The van der Waals surface area contributed by atoms with Crippen LogP contribution in [0.4, 0.5) is 0 Å². The summed E-state index contributed by atoms with van der Waals surface area (Å²) in [5.74, 6) is 2.93. The molecule has 0 aliphatic heterocycles. The van der Waals surface area contributed by atoms with E-state index in [0.717, 1.165) is 22.3 Å². The third-order valence-corrected chi connectivity index (χ3v) is 6.66. The Morgan fingerprint density at radius 3 is 1.11 bits per heavy atom. The lowest BCUT2D eigenvalue weighted by atomic mass is 9.81. The van der Waals surface area contributed by atoms with Crippen molar-refractivity contribution in [3.63, 3.8) is 0 Å². The molecular weight excluding hydrogens is 472 g/mol. The standard InChI is InChI=1S/C34H46O4/c1-31(2,3)21-16-25(35)29(33(7,8)9)27(18-21)37-23-14-13-15-24(20-23)38-28-19-22(32(4,5)6)17-26(36)30(28)34(10,11)12/h13-20,35-36H,1-12H3. The van der Waals surface area contributed by atoms with Crippen LogP contribution < -0.4 is 9.47 Å². The molecule has 0 spiro atoms. The molecule has 0 saturated heterocycles. The van der Waals surface area contributed by atoms with Gasteiger partial charge in [0.15, 0.2) is 0 Å². The van der Waals surface area contributed by atoms with E-state index in [4.69, 9.17) is 9.47 Å². The van der Waals surface area contributed by atoms with Gasteiger partial charge in [-0.15, -0.1) is 0 Å². The third-order valence-electron chi connectivity index (χ3n) is 6.66. The highest BCUT2D eigenvalue weighted by atomic mass is 16.5. The Morgan fingerprint density at radius 2 is 0.816 bits per heavy atom. The van der Waals surface area contributed by atoms with E-state index in [1.165, 1.54) is 0 Å². The molecule has 38 heavy (non-hydrogen) atoms. The Hall–Kier alpha value is -3.14. The minimum absolute atomic E-state index is 0.152. The number of phenolic OH excluding ortho intramolecular Hbond substituents is 2. The smallest absolute Gasteiger partial charge is 0.135 e. The molecule has 4 heteroatoms. The summed E-state index contributed by atoms with van der Waals surface area (Å²) < 4.78 is 12.9. The van der Waals surface area contributed by atoms with Gasteiger partial charge >= 0.3 is 0 Å². The molecule has 0 aliphatic rings. The van der Waals surface area contributed by atoms with Gasteiger partial charge in [-0.25, -0.2) is 0 Å². The van der Waals surface area contributed by atoms with Crippen LogP contribution in [0, 0.1) is 0 Å². The van der Waals surface area contributed by atoms with Crippen molar-refractivity contribution < 1.29 is 19.7 Å². The normalized spacial score (nSPS) is 12.9. The van der Waals surface area contributed by atoms with Crippen LogP contribution in [-0.4, -0.2) is 10.2 Å². The van der Waals surface area contributed by atoms with Crippen molar-refractivity contribution >= 4 is 0 Å². The average Bonchev–Trinajstić information content (AvgIpc) is 2.70. The van der Waals surface area contributed by atoms with Crippen molar-refractivity contribution in [1.29, 1.82) is 0 Å². The van der Waals surface area contributed by atoms with Crippen molar-refractivity contribution in [2.24, 2.45) is 0 Å². The van der Waals surface area contributed by atoms with Crippen molar-refractivity contribution in [1.82, 2.24) is 0 Å². The van der Waals surface area contributed by atoms with Crippen LogP contribution >= 0.6 is 0 Å². The first-order chi connectivity index (χ1) is 17.2. The summed E-state index contributed by atoms with van der Waals surface area (Å²) in [6, 6.07) is 15.2. The fourth-order valence-electron chi connectivity index (χ4n) is 4.59. The Bertz CT molecular complexity index is 1210. The van der Waals surface area contributed by atoms with Gasteiger partial charge in [0.25, 0.3) is 0 Å². The summed E-state index contributed by atoms with van der Waals surface area (Å²) in [5.41, 5.74) is 2.56. The molecule has 0 heterocycles. The number of hydrogen-bond donors (Lipinski definition) is 2. The SMILES string of the molecule is CC(C)(C)c1cc(O)c(C(C)(C)C)c(Oc2cccc(Oc3cc(C(C)(C)C)cc(O)c3C(C)(C)C)c2)c1. The topological polar surface area (TPSA) is 58.9 Å². The number of phenols is 2. The Balaban J connectivity index is 2.08. The van der Waals surface area contributed by atoms with Crippen LogP contribution in [-0.2, 0) is 21.7 Å². The predicted octanol–water partition coefficient (Wildman–Crippen LogP) is 9.87. The second-order valence-electron chi connectivity index (χ2n) is 14.4. The van der Waals surface area contributed by atoms with Crippen LogP contribution in [0.2, 0.25) is 0 Å². The van der Waals surface area contributed by atoms with E-state index in [1.54, 1.807) is 0 Å². The van der Waals surface area contributed by atoms with Gasteiger partial charge in [-0.2, -0.15) is 0 Å².